The molecule has 0 atom stereocenters. The minimum atomic E-state index is -3.20. The van der Waals surface area contributed by atoms with Crippen LogP contribution in [0.3, 0.4) is 0 Å². The van der Waals surface area contributed by atoms with Crippen molar-refractivity contribution >= 4 is 15.9 Å². The molecule has 3 rings (SSSR count). The fourth-order valence-electron chi connectivity index (χ4n) is 3.10. The number of fused-ring (bicyclic) bond motifs is 1. The van der Waals surface area contributed by atoms with Crippen molar-refractivity contribution in [2.75, 3.05) is 39.0 Å². The summed E-state index contributed by atoms with van der Waals surface area (Å²) in [6.07, 6.45) is 3.77. The zero-order chi connectivity index (χ0) is 16.4. The molecular weight excluding hydrogens is 316 g/mol. The molecule has 0 radical (unpaired) electrons. The van der Waals surface area contributed by atoms with Crippen molar-refractivity contribution in [3.05, 3.63) is 29.3 Å². The molecule has 2 aliphatic heterocycles. The van der Waals surface area contributed by atoms with Gasteiger partial charge < -0.3 is 9.64 Å². The van der Waals surface area contributed by atoms with E-state index in [9.17, 15) is 13.2 Å². The molecule has 1 aromatic rings. The maximum atomic E-state index is 12.7. The molecule has 126 valence electrons. The average molecular weight is 338 g/mol. The second-order valence-electron chi connectivity index (χ2n) is 6.08. The monoisotopic (exact) mass is 338 g/mol. The number of hydrogen-bond donors (Lipinski definition) is 0. The van der Waals surface area contributed by atoms with E-state index in [1.165, 1.54) is 10.6 Å². The van der Waals surface area contributed by atoms with Gasteiger partial charge in [0.05, 0.1) is 12.9 Å². The number of nitrogens with zero attached hydrogens (tertiary/aromatic N) is 2. The van der Waals surface area contributed by atoms with Gasteiger partial charge in [0, 0.05) is 31.7 Å². The fourth-order valence-corrected chi connectivity index (χ4v) is 3.98. The van der Waals surface area contributed by atoms with Crippen LogP contribution in [0.1, 0.15) is 28.8 Å². The van der Waals surface area contributed by atoms with Crippen molar-refractivity contribution in [1.82, 2.24) is 9.21 Å². The Hall–Kier alpha value is -1.60. The first-order valence-corrected chi connectivity index (χ1v) is 9.80. The number of ether oxygens (including phenoxy) is 1. The SMILES string of the molecule is CS(=O)(=O)N1CCCN(C(=O)c2ccc3c(c2)CCCO3)CC1. The molecule has 0 spiro atoms. The van der Waals surface area contributed by atoms with Crippen molar-refractivity contribution < 1.29 is 17.9 Å². The van der Waals surface area contributed by atoms with E-state index >= 15 is 0 Å². The zero-order valence-electron chi connectivity index (χ0n) is 13.3. The van der Waals surface area contributed by atoms with Crippen molar-refractivity contribution in [3.63, 3.8) is 0 Å². The Labute approximate surface area is 137 Å². The van der Waals surface area contributed by atoms with E-state index < -0.39 is 10.0 Å². The van der Waals surface area contributed by atoms with E-state index in [2.05, 4.69) is 0 Å². The van der Waals surface area contributed by atoms with Crippen LogP contribution in [0.5, 0.6) is 5.75 Å². The van der Waals surface area contributed by atoms with E-state index in [1.807, 2.05) is 12.1 Å². The van der Waals surface area contributed by atoms with Crippen LogP contribution in [0.4, 0.5) is 0 Å². The van der Waals surface area contributed by atoms with Crippen molar-refractivity contribution in [3.8, 4) is 5.75 Å². The fraction of sp³-hybridized carbons (Fsp3) is 0.562. The van der Waals surface area contributed by atoms with Gasteiger partial charge in [-0.25, -0.2) is 12.7 Å². The summed E-state index contributed by atoms with van der Waals surface area (Å²) in [5.74, 6) is 0.834. The van der Waals surface area contributed by atoms with E-state index in [0.717, 1.165) is 30.8 Å². The lowest BCUT2D eigenvalue weighted by atomic mass is 10.0. The Morgan fingerprint density at radius 3 is 2.74 bits per heavy atom. The lowest BCUT2D eigenvalue weighted by Crippen LogP contribution is -2.37. The normalized spacial score (nSPS) is 19.6. The Bertz CT molecular complexity index is 702. The van der Waals surface area contributed by atoms with Crippen LogP contribution < -0.4 is 4.74 Å². The maximum absolute atomic E-state index is 12.7. The highest BCUT2D eigenvalue weighted by molar-refractivity contribution is 7.88. The molecule has 0 unspecified atom stereocenters. The first-order valence-electron chi connectivity index (χ1n) is 7.95. The highest BCUT2D eigenvalue weighted by Crippen LogP contribution is 2.26. The molecule has 0 N–H and O–H groups in total. The lowest BCUT2D eigenvalue weighted by molar-refractivity contribution is 0.0764. The second-order valence-corrected chi connectivity index (χ2v) is 8.06. The van der Waals surface area contributed by atoms with Gasteiger partial charge in [0.25, 0.3) is 5.91 Å². The van der Waals surface area contributed by atoms with E-state index in [0.29, 0.717) is 38.2 Å². The van der Waals surface area contributed by atoms with E-state index in [-0.39, 0.29) is 5.91 Å². The largest absolute Gasteiger partial charge is 0.493 e. The van der Waals surface area contributed by atoms with Gasteiger partial charge >= 0.3 is 0 Å². The number of aryl methyl sites for hydroxylation is 1. The van der Waals surface area contributed by atoms with Gasteiger partial charge in [-0.05, 0) is 43.0 Å². The van der Waals surface area contributed by atoms with Crippen molar-refractivity contribution in [2.45, 2.75) is 19.3 Å². The summed E-state index contributed by atoms with van der Waals surface area (Å²) in [7, 11) is -3.20. The summed E-state index contributed by atoms with van der Waals surface area (Å²) >= 11 is 0. The van der Waals surface area contributed by atoms with Gasteiger partial charge in [-0.1, -0.05) is 0 Å². The molecule has 1 fully saturated rings. The first kappa shape index (κ1) is 16.3. The maximum Gasteiger partial charge on any atom is 0.253 e. The Kier molecular flexibility index (Phi) is 4.59. The third kappa shape index (κ3) is 3.67. The average Bonchev–Trinajstić information content (AvgIpc) is 2.79. The molecule has 0 saturated carbocycles. The van der Waals surface area contributed by atoms with Crippen LogP contribution in [0.2, 0.25) is 0 Å². The summed E-state index contributed by atoms with van der Waals surface area (Å²) in [5, 5.41) is 0. The molecule has 1 amide bonds. The Morgan fingerprint density at radius 1 is 1.13 bits per heavy atom. The number of amides is 1. The first-order chi connectivity index (χ1) is 10.9. The molecule has 2 heterocycles. The predicted molar refractivity (Wildman–Crippen MR) is 87.2 cm³/mol. The molecule has 2 aliphatic rings. The summed E-state index contributed by atoms with van der Waals surface area (Å²) in [6.45, 7) is 2.57. The number of hydrogen-bond acceptors (Lipinski definition) is 4. The van der Waals surface area contributed by atoms with Gasteiger partial charge in [0.2, 0.25) is 10.0 Å². The minimum Gasteiger partial charge on any atom is -0.493 e. The summed E-state index contributed by atoms with van der Waals surface area (Å²) in [5.41, 5.74) is 1.73. The third-order valence-electron chi connectivity index (χ3n) is 4.37. The quantitative estimate of drug-likeness (QED) is 0.810. The highest BCUT2D eigenvalue weighted by Gasteiger charge is 2.25. The highest BCUT2D eigenvalue weighted by atomic mass is 32.2. The molecule has 23 heavy (non-hydrogen) atoms. The van der Waals surface area contributed by atoms with Crippen molar-refractivity contribution in [2.24, 2.45) is 0 Å². The van der Waals surface area contributed by atoms with Gasteiger partial charge in [-0.15, -0.1) is 0 Å². The van der Waals surface area contributed by atoms with Crippen LogP contribution in [-0.4, -0.2) is 62.6 Å². The van der Waals surface area contributed by atoms with E-state index in [4.69, 9.17) is 4.74 Å². The predicted octanol–water partition coefficient (Wildman–Crippen LogP) is 1.12. The number of sulfonamides is 1. The standard InChI is InChI=1S/C16H22N2O4S/c1-23(20,21)18-8-3-7-17(9-10-18)16(19)14-5-6-15-13(12-14)4-2-11-22-15/h5-6,12H,2-4,7-11H2,1H3. The molecular formula is C16H22N2O4S. The second kappa shape index (κ2) is 6.49. The van der Waals surface area contributed by atoms with Gasteiger partial charge in [0.1, 0.15) is 5.75 Å². The van der Waals surface area contributed by atoms with Crippen molar-refractivity contribution in [1.29, 1.82) is 0 Å². The molecule has 0 aliphatic carbocycles. The number of benzene rings is 1. The van der Waals surface area contributed by atoms with Gasteiger partial charge in [0.15, 0.2) is 0 Å². The van der Waals surface area contributed by atoms with E-state index in [1.54, 1.807) is 11.0 Å². The third-order valence-corrected chi connectivity index (χ3v) is 5.67. The van der Waals surface area contributed by atoms with Crippen LogP contribution in [-0.2, 0) is 16.4 Å². The Morgan fingerprint density at radius 2 is 1.96 bits per heavy atom. The molecule has 0 bridgehead atoms. The topological polar surface area (TPSA) is 66.9 Å². The smallest absolute Gasteiger partial charge is 0.253 e. The van der Waals surface area contributed by atoms with Crippen LogP contribution >= 0.6 is 0 Å². The molecule has 6 nitrogen and oxygen atoms in total. The number of carbonyl (C=O) groups excluding carboxylic acids is 1. The molecule has 1 saturated heterocycles. The summed E-state index contributed by atoms with van der Waals surface area (Å²) in [4.78, 5) is 14.5. The Balaban J connectivity index is 1.73. The van der Waals surface area contributed by atoms with Crippen LogP contribution in [0.15, 0.2) is 18.2 Å². The minimum absolute atomic E-state index is 0.0336. The number of rotatable bonds is 2. The molecule has 0 aromatic heterocycles. The van der Waals surface area contributed by atoms with Crippen LogP contribution in [0, 0.1) is 0 Å². The molecule has 7 heteroatoms. The zero-order valence-corrected chi connectivity index (χ0v) is 14.1. The number of carbonyl (C=O) groups is 1. The summed E-state index contributed by atoms with van der Waals surface area (Å²) < 4.78 is 30.3. The van der Waals surface area contributed by atoms with Gasteiger partial charge in [-0.2, -0.15) is 0 Å². The van der Waals surface area contributed by atoms with Crippen LogP contribution in [0.25, 0.3) is 0 Å². The molecule has 1 aromatic carbocycles. The van der Waals surface area contributed by atoms with Gasteiger partial charge in [-0.3, -0.25) is 4.79 Å². The lowest BCUT2D eigenvalue weighted by Gasteiger charge is -2.22. The summed E-state index contributed by atoms with van der Waals surface area (Å²) in [6, 6.07) is 5.57.